The van der Waals surface area contributed by atoms with Gasteiger partial charge in [0.05, 0.1) is 11.3 Å². The highest BCUT2D eigenvalue weighted by atomic mass is 32.2. The fourth-order valence-electron chi connectivity index (χ4n) is 2.45. The lowest BCUT2D eigenvalue weighted by Crippen LogP contribution is -2.15. The van der Waals surface area contributed by atoms with Crippen molar-refractivity contribution < 1.29 is 18.8 Å². The van der Waals surface area contributed by atoms with Gasteiger partial charge in [0, 0.05) is 11.3 Å². The SMILES string of the molecule is CC(=O)c1cccc(NC(=O)CSc2ccc(NC(=O)c3ccccc3F)nn2)c1. The van der Waals surface area contributed by atoms with E-state index in [0.717, 1.165) is 11.8 Å². The molecule has 0 radical (unpaired) electrons. The van der Waals surface area contributed by atoms with Crippen molar-refractivity contribution in [2.45, 2.75) is 11.9 Å². The second-order valence-electron chi connectivity index (χ2n) is 6.16. The highest BCUT2D eigenvalue weighted by molar-refractivity contribution is 7.99. The van der Waals surface area contributed by atoms with Crippen molar-refractivity contribution in [3.8, 4) is 0 Å². The Morgan fingerprint density at radius 2 is 1.77 bits per heavy atom. The lowest BCUT2D eigenvalue weighted by Gasteiger charge is -2.07. The molecule has 0 aliphatic carbocycles. The number of ketones is 1. The Balaban J connectivity index is 1.52. The number of hydrogen-bond acceptors (Lipinski definition) is 6. The van der Waals surface area contributed by atoms with Crippen LogP contribution in [0.1, 0.15) is 27.6 Å². The molecule has 1 heterocycles. The molecule has 2 N–H and O–H groups in total. The maximum absolute atomic E-state index is 13.6. The van der Waals surface area contributed by atoms with Gasteiger partial charge in [-0.1, -0.05) is 36.0 Å². The van der Waals surface area contributed by atoms with Crippen molar-refractivity contribution in [1.82, 2.24) is 10.2 Å². The molecular weight excluding hydrogens is 407 g/mol. The largest absolute Gasteiger partial charge is 0.325 e. The van der Waals surface area contributed by atoms with Crippen LogP contribution in [-0.4, -0.2) is 33.5 Å². The van der Waals surface area contributed by atoms with Crippen molar-refractivity contribution in [3.05, 3.63) is 77.6 Å². The summed E-state index contributed by atoms with van der Waals surface area (Å²) in [4.78, 5) is 35.6. The van der Waals surface area contributed by atoms with Crippen LogP contribution in [0.3, 0.4) is 0 Å². The molecule has 2 aromatic carbocycles. The Morgan fingerprint density at radius 1 is 0.967 bits per heavy atom. The Bertz CT molecular complexity index is 1090. The Kier molecular flexibility index (Phi) is 6.87. The fourth-order valence-corrected chi connectivity index (χ4v) is 3.06. The third-order valence-corrected chi connectivity index (χ3v) is 4.82. The predicted molar refractivity (Wildman–Crippen MR) is 112 cm³/mol. The first-order chi connectivity index (χ1) is 14.4. The Labute approximate surface area is 176 Å². The van der Waals surface area contributed by atoms with Crippen molar-refractivity contribution in [2.75, 3.05) is 16.4 Å². The summed E-state index contributed by atoms with van der Waals surface area (Å²) < 4.78 is 13.6. The van der Waals surface area contributed by atoms with Crippen LogP contribution >= 0.6 is 11.8 Å². The van der Waals surface area contributed by atoms with Gasteiger partial charge in [0.25, 0.3) is 5.91 Å². The molecule has 2 amide bonds. The van der Waals surface area contributed by atoms with Gasteiger partial charge in [-0.15, -0.1) is 10.2 Å². The number of rotatable bonds is 7. The predicted octanol–water partition coefficient (Wildman–Crippen LogP) is 3.80. The number of Topliss-reactive ketones (excluding diaryl/α,β-unsaturated/α-hetero) is 1. The molecule has 9 heteroatoms. The molecule has 0 saturated carbocycles. The first kappa shape index (κ1) is 21.1. The quantitative estimate of drug-likeness (QED) is 0.442. The minimum Gasteiger partial charge on any atom is -0.325 e. The normalized spacial score (nSPS) is 10.3. The summed E-state index contributed by atoms with van der Waals surface area (Å²) in [5, 5.41) is 13.5. The lowest BCUT2D eigenvalue weighted by atomic mass is 10.1. The first-order valence-corrected chi connectivity index (χ1v) is 9.84. The van der Waals surface area contributed by atoms with E-state index in [0.29, 0.717) is 16.3 Å². The number of carbonyl (C=O) groups is 3. The number of halogens is 1. The Morgan fingerprint density at radius 3 is 2.47 bits per heavy atom. The number of carbonyl (C=O) groups excluding carboxylic acids is 3. The smallest absolute Gasteiger partial charge is 0.259 e. The molecule has 0 aliphatic heterocycles. The van der Waals surface area contributed by atoms with E-state index in [-0.39, 0.29) is 28.8 Å². The lowest BCUT2D eigenvalue weighted by molar-refractivity contribution is -0.113. The second-order valence-corrected chi connectivity index (χ2v) is 7.16. The molecule has 3 rings (SSSR count). The molecule has 1 aromatic heterocycles. The van der Waals surface area contributed by atoms with Gasteiger partial charge in [-0.3, -0.25) is 14.4 Å². The van der Waals surface area contributed by atoms with Gasteiger partial charge < -0.3 is 10.6 Å². The average Bonchev–Trinajstić information content (AvgIpc) is 2.73. The number of amides is 2. The molecule has 7 nitrogen and oxygen atoms in total. The van der Waals surface area contributed by atoms with Gasteiger partial charge in [-0.2, -0.15) is 0 Å². The summed E-state index contributed by atoms with van der Waals surface area (Å²) in [5.74, 6) is -1.36. The standard InChI is InChI=1S/C21H17FN4O3S/c1-13(27)14-5-4-6-15(11-14)23-19(28)12-30-20-10-9-18(25-26-20)24-21(29)16-7-2-3-8-17(16)22/h2-11H,12H2,1H3,(H,23,28)(H,24,25,29). The molecule has 0 bridgehead atoms. The molecule has 0 atom stereocenters. The van der Waals surface area contributed by atoms with Crippen molar-refractivity contribution >= 4 is 40.9 Å². The van der Waals surface area contributed by atoms with E-state index >= 15 is 0 Å². The van der Waals surface area contributed by atoms with E-state index in [9.17, 15) is 18.8 Å². The number of thioether (sulfide) groups is 1. The summed E-state index contributed by atoms with van der Waals surface area (Å²) in [7, 11) is 0. The number of hydrogen-bond donors (Lipinski definition) is 2. The van der Waals surface area contributed by atoms with Crippen LogP contribution in [0.15, 0.2) is 65.7 Å². The average molecular weight is 424 g/mol. The van der Waals surface area contributed by atoms with Gasteiger partial charge in [-0.25, -0.2) is 4.39 Å². The zero-order valence-corrected chi connectivity index (χ0v) is 16.7. The number of benzene rings is 2. The topological polar surface area (TPSA) is 101 Å². The zero-order valence-electron chi connectivity index (χ0n) is 15.9. The molecule has 30 heavy (non-hydrogen) atoms. The van der Waals surface area contributed by atoms with Crippen LogP contribution in [0.2, 0.25) is 0 Å². The minimum atomic E-state index is -0.630. The molecule has 0 aliphatic rings. The number of anilines is 2. The third-order valence-electron chi connectivity index (χ3n) is 3.90. The van der Waals surface area contributed by atoms with Gasteiger partial charge >= 0.3 is 0 Å². The third kappa shape index (κ3) is 5.71. The summed E-state index contributed by atoms with van der Waals surface area (Å²) >= 11 is 1.16. The van der Waals surface area contributed by atoms with Crippen LogP contribution in [0, 0.1) is 5.82 Å². The van der Waals surface area contributed by atoms with E-state index in [1.54, 1.807) is 36.4 Å². The van der Waals surface area contributed by atoms with E-state index in [1.165, 1.54) is 31.2 Å². The van der Waals surface area contributed by atoms with Crippen LogP contribution in [0.25, 0.3) is 0 Å². The zero-order chi connectivity index (χ0) is 21.5. The van der Waals surface area contributed by atoms with E-state index in [2.05, 4.69) is 20.8 Å². The van der Waals surface area contributed by atoms with Crippen molar-refractivity contribution in [1.29, 1.82) is 0 Å². The highest BCUT2D eigenvalue weighted by Gasteiger charge is 2.12. The highest BCUT2D eigenvalue weighted by Crippen LogP contribution is 2.17. The maximum atomic E-state index is 13.6. The maximum Gasteiger partial charge on any atom is 0.259 e. The van der Waals surface area contributed by atoms with Gasteiger partial charge in [-0.05, 0) is 43.3 Å². The van der Waals surface area contributed by atoms with Crippen molar-refractivity contribution in [2.24, 2.45) is 0 Å². The van der Waals surface area contributed by atoms with E-state index in [4.69, 9.17) is 0 Å². The van der Waals surface area contributed by atoms with E-state index < -0.39 is 11.7 Å². The summed E-state index contributed by atoms with van der Waals surface area (Å²) in [6, 6.07) is 15.4. The Hall–Kier alpha value is -3.59. The van der Waals surface area contributed by atoms with Gasteiger partial charge in [0.15, 0.2) is 11.6 Å². The summed E-state index contributed by atoms with van der Waals surface area (Å²) in [6.07, 6.45) is 0. The fraction of sp³-hybridized carbons (Fsp3) is 0.0952. The molecular formula is C21H17FN4O3S. The molecule has 0 saturated heterocycles. The number of aromatic nitrogens is 2. The first-order valence-electron chi connectivity index (χ1n) is 8.85. The molecule has 0 unspecified atom stereocenters. The molecule has 152 valence electrons. The van der Waals surface area contributed by atoms with Crippen LogP contribution in [0.4, 0.5) is 15.9 Å². The summed E-state index contributed by atoms with van der Waals surface area (Å²) in [6.45, 7) is 1.46. The van der Waals surface area contributed by atoms with Crippen LogP contribution in [0.5, 0.6) is 0 Å². The monoisotopic (exact) mass is 424 g/mol. The minimum absolute atomic E-state index is 0.0832. The summed E-state index contributed by atoms with van der Waals surface area (Å²) in [5.41, 5.74) is 0.952. The molecule has 0 spiro atoms. The second kappa shape index (κ2) is 9.75. The molecule has 0 fully saturated rings. The van der Waals surface area contributed by atoms with Gasteiger partial charge in [0.2, 0.25) is 5.91 Å². The number of nitrogens with one attached hydrogen (secondary N) is 2. The van der Waals surface area contributed by atoms with Crippen molar-refractivity contribution in [3.63, 3.8) is 0 Å². The van der Waals surface area contributed by atoms with Gasteiger partial charge in [0.1, 0.15) is 10.8 Å². The van der Waals surface area contributed by atoms with E-state index in [1.807, 2.05) is 0 Å². The van der Waals surface area contributed by atoms with Crippen LogP contribution in [-0.2, 0) is 4.79 Å². The molecule has 3 aromatic rings. The van der Waals surface area contributed by atoms with Crippen LogP contribution < -0.4 is 10.6 Å². The number of nitrogens with zero attached hydrogens (tertiary/aromatic N) is 2.